The van der Waals surface area contributed by atoms with Gasteiger partial charge >= 0.3 is 0 Å². The van der Waals surface area contributed by atoms with Crippen molar-refractivity contribution in [1.82, 2.24) is 15.5 Å². The van der Waals surface area contributed by atoms with Crippen LogP contribution in [0.4, 0.5) is 0 Å². The van der Waals surface area contributed by atoms with Crippen molar-refractivity contribution in [1.29, 1.82) is 0 Å². The van der Waals surface area contributed by atoms with E-state index < -0.39 is 0 Å². The molecule has 0 radical (unpaired) electrons. The summed E-state index contributed by atoms with van der Waals surface area (Å²) in [5.74, 6) is -0.526. The van der Waals surface area contributed by atoms with Crippen LogP contribution < -0.4 is 16.4 Å². The molecule has 0 heterocycles. The Morgan fingerprint density at radius 1 is 1.28 bits per heavy atom. The van der Waals surface area contributed by atoms with Crippen LogP contribution >= 0.6 is 0 Å². The zero-order valence-electron chi connectivity index (χ0n) is 12.0. The molecule has 106 valence electrons. The van der Waals surface area contributed by atoms with Gasteiger partial charge in [0.05, 0.1) is 13.1 Å². The lowest BCUT2D eigenvalue weighted by molar-refractivity contribution is -0.126. The summed E-state index contributed by atoms with van der Waals surface area (Å²) in [5.41, 5.74) is 5.09. The van der Waals surface area contributed by atoms with E-state index in [-0.39, 0.29) is 36.4 Å². The minimum absolute atomic E-state index is 0.0159. The summed E-state index contributed by atoms with van der Waals surface area (Å²) in [6.45, 7) is 6.88. The highest BCUT2D eigenvalue weighted by Crippen LogP contribution is 2.20. The molecule has 0 aromatic rings. The van der Waals surface area contributed by atoms with Crippen LogP contribution in [0.1, 0.15) is 20.8 Å². The first-order valence-electron chi connectivity index (χ1n) is 6.10. The molecule has 0 spiro atoms. The maximum atomic E-state index is 11.6. The summed E-state index contributed by atoms with van der Waals surface area (Å²) < 4.78 is 0. The second kappa shape index (κ2) is 7.33. The Morgan fingerprint density at radius 3 is 2.28 bits per heavy atom. The largest absolute Gasteiger partial charge is 0.352 e. The Labute approximate surface area is 109 Å². The molecule has 0 aromatic carbocycles. The van der Waals surface area contributed by atoms with E-state index in [0.717, 1.165) is 6.54 Å². The van der Waals surface area contributed by atoms with Crippen molar-refractivity contribution >= 4 is 11.8 Å². The quantitative estimate of drug-likeness (QED) is 0.555. The smallest absolute Gasteiger partial charge is 0.239 e. The molecule has 6 heteroatoms. The van der Waals surface area contributed by atoms with E-state index in [0.29, 0.717) is 0 Å². The van der Waals surface area contributed by atoms with E-state index >= 15 is 0 Å². The van der Waals surface area contributed by atoms with Crippen molar-refractivity contribution in [2.75, 3.05) is 33.7 Å². The lowest BCUT2D eigenvalue weighted by atomic mass is 9.85. The topological polar surface area (TPSA) is 87.5 Å². The molecule has 0 aliphatic carbocycles. The molecule has 0 bridgehead atoms. The highest BCUT2D eigenvalue weighted by Gasteiger charge is 2.27. The summed E-state index contributed by atoms with van der Waals surface area (Å²) in [7, 11) is 4.00. The summed E-state index contributed by atoms with van der Waals surface area (Å²) in [6.07, 6.45) is 0. The first kappa shape index (κ1) is 16.9. The van der Waals surface area contributed by atoms with Crippen LogP contribution in [0.3, 0.4) is 0 Å². The van der Waals surface area contributed by atoms with Gasteiger partial charge in [-0.15, -0.1) is 0 Å². The fourth-order valence-corrected chi connectivity index (χ4v) is 1.69. The van der Waals surface area contributed by atoms with Gasteiger partial charge in [0, 0.05) is 12.6 Å². The maximum Gasteiger partial charge on any atom is 0.239 e. The van der Waals surface area contributed by atoms with E-state index in [1.165, 1.54) is 0 Å². The van der Waals surface area contributed by atoms with E-state index in [1.54, 1.807) is 0 Å². The molecule has 1 unspecified atom stereocenters. The third-order valence-corrected chi connectivity index (χ3v) is 2.90. The van der Waals surface area contributed by atoms with Crippen LogP contribution in [-0.2, 0) is 9.59 Å². The number of rotatable bonds is 7. The van der Waals surface area contributed by atoms with Crippen LogP contribution in [0.15, 0.2) is 0 Å². The minimum Gasteiger partial charge on any atom is -0.352 e. The third kappa shape index (κ3) is 6.56. The average Bonchev–Trinajstić information content (AvgIpc) is 2.23. The van der Waals surface area contributed by atoms with Crippen molar-refractivity contribution in [3.05, 3.63) is 0 Å². The first-order valence-corrected chi connectivity index (χ1v) is 6.10. The number of carbonyl (C=O) groups is 2. The summed E-state index contributed by atoms with van der Waals surface area (Å²) in [4.78, 5) is 24.6. The van der Waals surface area contributed by atoms with Crippen LogP contribution in [0.25, 0.3) is 0 Å². The van der Waals surface area contributed by atoms with Crippen molar-refractivity contribution in [2.24, 2.45) is 11.1 Å². The molecule has 0 aliphatic rings. The Kier molecular flexibility index (Phi) is 6.86. The SMILES string of the molecule is CC(NC(=O)CNC(=O)CN)C(C)(C)CN(C)C. The van der Waals surface area contributed by atoms with E-state index in [1.807, 2.05) is 21.0 Å². The Bertz CT molecular complexity index is 290. The summed E-state index contributed by atoms with van der Waals surface area (Å²) in [6, 6.07) is 0.0159. The fourth-order valence-electron chi connectivity index (χ4n) is 1.69. The molecule has 0 aliphatic heterocycles. The number of hydrogen-bond donors (Lipinski definition) is 3. The van der Waals surface area contributed by atoms with Gasteiger partial charge in [0.15, 0.2) is 0 Å². The highest BCUT2D eigenvalue weighted by molar-refractivity contribution is 5.85. The van der Waals surface area contributed by atoms with Gasteiger partial charge in [-0.3, -0.25) is 9.59 Å². The molecule has 18 heavy (non-hydrogen) atoms. The molecule has 0 saturated heterocycles. The molecule has 0 aromatic heterocycles. The normalized spacial score (nSPS) is 13.3. The zero-order valence-corrected chi connectivity index (χ0v) is 12.0. The molecule has 4 N–H and O–H groups in total. The predicted molar refractivity (Wildman–Crippen MR) is 72.0 cm³/mol. The van der Waals surface area contributed by atoms with Crippen LogP contribution in [0, 0.1) is 5.41 Å². The third-order valence-electron chi connectivity index (χ3n) is 2.90. The van der Waals surface area contributed by atoms with Crippen molar-refractivity contribution < 1.29 is 9.59 Å². The van der Waals surface area contributed by atoms with Gasteiger partial charge < -0.3 is 21.3 Å². The number of carbonyl (C=O) groups excluding carboxylic acids is 2. The standard InChI is InChI=1S/C12H26N4O2/c1-9(12(2,3)8-16(4)5)15-11(18)7-14-10(17)6-13/h9H,6-8,13H2,1-5H3,(H,14,17)(H,15,18). The zero-order chi connectivity index (χ0) is 14.3. The second-order valence-corrected chi connectivity index (χ2v) is 5.50. The Morgan fingerprint density at radius 2 is 1.83 bits per heavy atom. The van der Waals surface area contributed by atoms with Gasteiger partial charge in [0.25, 0.3) is 0 Å². The van der Waals surface area contributed by atoms with E-state index in [9.17, 15) is 9.59 Å². The number of nitrogens with zero attached hydrogens (tertiary/aromatic N) is 1. The number of nitrogens with one attached hydrogen (secondary N) is 2. The highest BCUT2D eigenvalue weighted by atomic mass is 16.2. The number of hydrogen-bond acceptors (Lipinski definition) is 4. The lowest BCUT2D eigenvalue weighted by Gasteiger charge is -2.34. The lowest BCUT2D eigenvalue weighted by Crippen LogP contribution is -2.50. The maximum absolute atomic E-state index is 11.6. The van der Waals surface area contributed by atoms with Gasteiger partial charge in [0.1, 0.15) is 0 Å². The van der Waals surface area contributed by atoms with E-state index in [4.69, 9.17) is 5.73 Å². The minimum atomic E-state index is -0.328. The Hall–Kier alpha value is -1.14. The summed E-state index contributed by atoms with van der Waals surface area (Å²) >= 11 is 0. The van der Waals surface area contributed by atoms with Crippen molar-refractivity contribution in [3.63, 3.8) is 0 Å². The van der Waals surface area contributed by atoms with Gasteiger partial charge in [-0.05, 0) is 26.4 Å². The monoisotopic (exact) mass is 258 g/mol. The summed E-state index contributed by atoms with van der Waals surface area (Å²) in [5, 5.41) is 5.33. The van der Waals surface area contributed by atoms with Crippen molar-refractivity contribution in [2.45, 2.75) is 26.8 Å². The molecule has 0 rings (SSSR count). The van der Waals surface area contributed by atoms with E-state index in [2.05, 4.69) is 29.4 Å². The molecule has 2 amide bonds. The molecule has 0 saturated carbocycles. The van der Waals surface area contributed by atoms with Crippen LogP contribution in [-0.4, -0.2) is 56.5 Å². The Balaban J connectivity index is 4.17. The second-order valence-electron chi connectivity index (χ2n) is 5.50. The molecule has 1 atom stereocenters. The van der Waals surface area contributed by atoms with Gasteiger partial charge in [-0.2, -0.15) is 0 Å². The van der Waals surface area contributed by atoms with Gasteiger partial charge in [0.2, 0.25) is 11.8 Å². The molecule has 6 nitrogen and oxygen atoms in total. The van der Waals surface area contributed by atoms with Gasteiger partial charge in [-0.25, -0.2) is 0 Å². The molecular weight excluding hydrogens is 232 g/mol. The fraction of sp³-hybridized carbons (Fsp3) is 0.833. The average molecular weight is 258 g/mol. The molecular formula is C12H26N4O2. The van der Waals surface area contributed by atoms with Crippen LogP contribution in [0.2, 0.25) is 0 Å². The first-order chi connectivity index (χ1) is 8.19. The molecule has 0 fully saturated rings. The van der Waals surface area contributed by atoms with Crippen LogP contribution in [0.5, 0.6) is 0 Å². The van der Waals surface area contributed by atoms with Crippen molar-refractivity contribution in [3.8, 4) is 0 Å². The van der Waals surface area contributed by atoms with Gasteiger partial charge in [-0.1, -0.05) is 13.8 Å². The number of amides is 2. The number of nitrogens with two attached hydrogens (primary N) is 1. The predicted octanol–water partition coefficient (Wildman–Crippen LogP) is -0.846.